The minimum Gasteiger partial charge on any atom is -0.128 e. The Hall–Kier alpha value is -0.940. The summed E-state index contributed by atoms with van der Waals surface area (Å²) in [5, 5.41) is 2.77. The largest absolute Gasteiger partial charge is 0.128 e. The van der Waals surface area contributed by atoms with Crippen molar-refractivity contribution >= 4 is 66.4 Å². The predicted molar refractivity (Wildman–Crippen MR) is 106 cm³/mol. The van der Waals surface area contributed by atoms with E-state index in [1.54, 1.807) is 0 Å². The van der Waals surface area contributed by atoms with Crippen LogP contribution in [0.5, 0.6) is 0 Å². The minimum absolute atomic E-state index is 1.38. The Kier molecular flexibility index (Phi) is 3.95. The Morgan fingerprint density at radius 3 is 1.45 bits per heavy atom. The zero-order valence-corrected chi connectivity index (χ0v) is 15.5. The molecule has 4 rings (SSSR count). The van der Waals surface area contributed by atoms with E-state index in [0.29, 0.717) is 0 Å². The monoisotopic (exact) mass is 358 g/mol. The summed E-state index contributed by atoms with van der Waals surface area (Å²) in [6.45, 7) is 0. The van der Waals surface area contributed by atoms with Crippen LogP contribution < -0.4 is 0 Å². The molecule has 0 nitrogen and oxygen atoms in total. The molecular formula is C18H14S4. The molecule has 0 fully saturated rings. The summed E-state index contributed by atoms with van der Waals surface area (Å²) in [6.07, 6.45) is 4.36. The molecule has 0 unspecified atom stereocenters. The third-order valence-corrected chi connectivity index (χ3v) is 8.33. The molecule has 4 heteroatoms. The zero-order chi connectivity index (χ0) is 15.1. The second kappa shape index (κ2) is 5.93. The van der Waals surface area contributed by atoms with Gasteiger partial charge in [0.2, 0.25) is 0 Å². The molecule has 0 amide bonds. The lowest BCUT2D eigenvalue weighted by Gasteiger charge is -2.05. The molecule has 4 aromatic rings. The molecular weight excluding hydrogens is 344 g/mol. The van der Waals surface area contributed by atoms with Crippen LogP contribution in [-0.4, -0.2) is 12.5 Å². The first-order valence-corrected chi connectivity index (χ1v) is 11.0. The van der Waals surface area contributed by atoms with Gasteiger partial charge < -0.3 is 0 Å². The normalized spacial score (nSPS) is 11.5. The second-order valence-electron chi connectivity index (χ2n) is 4.93. The number of rotatable bonds is 3. The molecule has 110 valence electrons. The highest BCUT2D eigenvalue weighted by molar-refractivity contribution is 8.01. The van der Waals surface area contributed by atoms with Gasteiger partial charge in [0.15, 0.2) is 0 Å². The van der Waals surface area contributed by atoms with E-state index in [1.165, 1.54) is 39.7 Å². The minimum atomic E-state index is 1.38. The van der Waals surface area contributed by atoms with Crippen molar-refractivity contribution in [1.29, 1.82) is 0 Å². The third kappa shape index (κ3) is 2.21. The first kappa shape index (κ1) is 14.6. The summed E-state index contributed by atoms with van der Waals surface area (Å²) in [6, 6.07) is 17.6. The van der Waals surface area contributed by atoms with E-state index >= 15 is 0 Å². The van der Waals surface area contributed by atoms with Gasteiger partial charge in [-0.2, -0.15) is 0 Å². The van der Waals surface area contributed by atoms with E-state index in [-0.39, 0.29) is 0 Å². The lowest BCUT2D eigenvalue weighted by atomic mass is 10.0. The van der Waals surface area contributed by atoms with E-state index in [0.717, 1.165) is 0 Å². The summed E-state index contributed by atoms with van der Waals surface area (Å²) in [5.41, 5.74) is 2.85. The molecule has 2 aromatic heterocycles. The highest BCUT2D eigenvalue weighted by Gasteiger charge is 2.20. The number of hydrogen-bond donors (Lipinski definition) is 0. The summed E-state index contributed by atoms with van der Waals surface area (Å²) >= 11 is 7.54. The number of hydrogen-bond acceptors (Lipinski definition) is 4. The first-order valence-electron chi connectivity index (χ1n) is 6.95. The van der Waals surface area contributed by atoms with Crippen LogP contribution in [0.4, 0.5) is 0 Å². The van der Waals surface area contributed by atoms with Crippen molar-refractivity contribution in [1.82, 2.24) is 0 Å². The molecule has 0 aliphatic heterocycles. The fourth-order valence-electron chi connectivity index (χ4n) is 2.81. The third-order valence-electron chi connectivity index (χ3n) is 3.75. The van der Waals surface area contributed by atoms with Crippen LogP contribution in [-0.2, 0) is 0 Å². The van der Waals surface area contributed by atoms with Crippen molar-refractivity contribution in [2.45, 2.75) is 8.42 Å². The zero-order valence-electron chi connectivity index (χ0n) is 12.3. The van der Waals surface area contributed by atoms with Crippen molar-refractivity contribution < 1.29 is 0 Å². The van der Waals surface area contributed by atoms with Gasteiger partial charge in [0.25, 0.3) is 0 Å². The molecule has 2 heterocycles. The molecule has 0 bridgehead atoms. The van der Waals surface area contributed by atoms with Crippen LogP contribution in [0.2, 0.25) is 0 Å². The average Bonchev–Trinajstić information content (AvgIpc) is 3.11. The Balaban J connectivity index is 2.15. The summed E-state index contributed by atoms with van der Waals surface area (Å²) < 4.78 is 5.59. The van der Waals surface area contributed by atoms with Crippen LogP contribution in [0.25, 0.3) is 31.3 Å². The van der Waals surface area contributed by atoms with Gasteiger partial charge in [0.1, 0.15) is 0 Å². The SMILES string of the molecule is CSc1sc2ccccc2c1-c1c(SC)sc2ccccc12. The number of thiophene rings is 2. The van der Waals surface area contributed by atoms with Crippen LogP contribution in [0.3, 0.4) is 0 Å². The second-order valence-corrected chi connectivity index (χ2v) is 9.18. The van der Waals surface area contributed by atoms with Gasteiger partial charge in [-0.3, -0.25) is 0 Å². The van der Waals surface area contributed by atoms with Gasteiger partial charge in [-0.1, -0.05) is 36.4 Å². The first-order chi connectivity index (χ1) is 10.8. The number of fused-ring (bicyclic) bond motifs is 2. The Morgan fingerprint density at radius 1 is 0.636 bits per heavy atom. The van der Waals surface area contributed by atoms with Crippen LogP contribution in [0.1, 0.15) is 0 Å². The lowest BCUT2D eigenvalue weighted by molar-refractivity contribution is 1.63. The quantitative estimate of drug-likeness (QED) is 0.354. The van der Waals surface area contributed by atoms with E-state index in [4.69, 9.17) is 0 Å². The topological polar surface area (TPSA) is 0 Å². The fourth-order valence-corrected chi connectivity index (χ4v) is 6.73. The maximum atomic E-state index is 2.26. The number of benzene rings is 2. The van der Waals surface area contributed by atoms with Gasteiger partial charge >= 0.3 is 0 Å². The van der Waals surface area contributed by atoms with Crippen molar-refractivity contribution in [3.8, 4) is 11.1 Å². The fraction of sp³-hybridized carbons (Fsp3) is 0.111. The van der Waals surface area contributed by atoms with Crippen LogP contribution in [0.15, 0.2) is 56.9 Å². The van der Waals surface area contributed by atoms with E-state index in [1.807, 2.05) is 46.2 Å². The van der Waals surface area contributed by atoms with Gasteiger partial charge in [-0.15, -0.1) is 46.2 Å². The molecule has 0 atom stereocenters. The van der Waals surface area contributed by atoms with Gasteiger partial charge in [0, 0.05) is 31.3 Å². The van der Waals surface area contributed by atoms with Crippen LogP contribution >= 0.6 is 46.2 Å². The van der Waals surface area contributed by atoms with Gasteiger partial charge in [-0.25, -0.2) is 0 Å². The Labute approximate surface area is 146 Å². The highest BCUT2D eigenvalue weighted by Crippen LogP contribution is 2.51. The molecule has 22 heavy (non-hydrogen) atoms. The predicted octanol–water partition coefficient (Wildman–Crippen LogP) is 7.23. The highest BCUT2D eigenvalue weighted by atomic mass is 32.2. The summed E-state index contributed by atoms with van der Waals surface area (Å²) in [4.78, 5) is 0. The number of thioether (sulfide) groups is 2. The standard InChI is InChI=1S/C18H14S4/c1-19-17-15(11-7-3-5-9-13(11)21-17)16-12-8-4-6-10-14(12)22-18(16)20-2/h3-10H,1-2H3. The smallest absolute Gasteiger partial charge is 0.0688 e. The summed E-state index contributed by atoms with van der Waals surface area (Å²) in [7, 11) is 0. The van der Waals surface area contributed by atoms with Crippen molar-refractivity contribution in [3.05, 3.63) is 48.5 Å². The van der Waals surface area contributed by atoms with Gasteiger partial charge in [-0.05, 0) is 24.6 Å². The molecule has 0 saturated heterocycles. The maximum Gasteiger partial charge on any atom is 0.0688 e. The van der Waals surface area contributed by atoms with E-state index < -0.39 is 0 Å². The van der Waals surface area contributed by atoms with E-state index in [2.05, 4.69) is 61.0 Å². The van der Waals surface area contributed by atoms with Crippen LogP contribution in [0, 0.1) is 0 Å². The Bertz CT molecular complexity index is 882. The molecule has 0 saturated carbocycles. The molecule has 0 spiro atoms. The van der Waals surface area contributed by atoms with Crippen molar-refractivity contribution in [2.75, 3.05) is 12.5 Å². The molecule has 0 radical (unpaired) electrons. The average molecular weight is 359 g/mol. The lowest BCUT2D eigenvalue weighted by Crippen LogP contribution is -1.78. The molecule has 0 N–H and O–H groups in total. The Morgan fingerprint density at radius 2 is 1.05 bits per heavy atom. The van der Waals surface area contributed by atoms with Gasteiger partial charge in [0.05, 0.1) is 8.42 Å². The maximum absolute atomic E-state index is 2.26. The molecule has 0 aliphatic rings. The molecule has 2 aromatic carbocycles. The van der Waals surface area contributed by atoms with Crippen molar-refractivity contribution in [3.63, 3.8) is 0 Å². The summed E-state index contributed by atoms with van der Waals surface area (Å²) in [5.74, 6) is 0. The van der Waals surface area contributed by atoms with E-state index in [9.17, 15) is 0 Å². The molecule has 0 aliphatic carbocycles. The van der Waals surface area contributed by atoms with Crippen molar-refractivity contribution in [2.24, 2.45) is 0 Å².